The largest absolute Gasteiger partial charge is 1.00 e. The summed E-state index contributed by atoms with van der Waals surface area (Å²) >= 11 is 0. The topological polar surface area (TPSA) is 87.6 Å². The smallest absolute Gasteiger partial charge is 0.546 e. The molecule has 24 heavy (non-hydrogen) atoms. The van der Waals surface area contributed by atoms with Crippen LogP contribution in [0.4, 0.5) is 5.82 Å². The van der Waals surface area contributed by atoms with E-state index in [1.807, 2.05) is 6.92 Å². The number of carbonyl (C=O) groups excluding carboxylic acids is 1. The number of hydrogen-bond acceptors (Lipinski definition) is 7. The van der Waals surface area contributed by atoms with Gasteiger partial charge in [0.15, 0.2) is 5.60 Å². The Bertz CT molecular complexity index is 587. The molecule has 0 radical (unpaired) electrons. The van der Waals surface area contributed by atoms with Crippen LogP contribution in [-0.4, -0.2) is 47.3 Å². The number of anilines is 1. The van der Waals surface area contributed by atoms with Crippen molar-refractivity contribution in [3.05, 3.63) is 11.9 Å². The van der Waals surface area contributed by atoms with Gasteiger partial charge in [-0.15, -0.1) is 0 Å². The van der Waals surface area contributed by atoms with Crippen molar-refractivity contribution in [2.75, 3.05) is 24.6 Å². The predicted molar refractivity (Wildman–Crippen MR) is 81.2 cm³/mol. The van der Waals surface area contributed by atoms with Crippen molar-refractivity contribution in [3.63, 3.8) is 0 Å². The molecule has 1 aromatic rings. The van der Waals surface area contributed by atoms with E-state index in [4.69, 9.17) is 9.47 Å². The Balaban J connectivity index is 0.00000208. The Morgan fingerprint density at radius 3 is 2.58 bits per heavy atom. The summed E-state index contributed by atoms with van der Waals surface area (Å²) in [6.07, 6.45) is 3.15. The van der Waals surface area contributed by atoms with Gasteiger partial charge < -0.3 is 24.3 Å². The van der Waals surface area contributed by atoms with Gasteiger partial charge in [0.1, 0.15) is 11.6 Å². The normalized spacial score (nSPS) is 19.5. The molecule has 0 aromatic carbocycles. The van der Waals surface area contributed by atoms with E-state index in [1.165, 1.54) is 0 Å². The summed E-state index contributed by atoms with van der Waals surface area (Å²) in [5.74, 6) is 0.476. The zero-order chi connectivity index (χ0) is 16.4. The third kappa shape index (κ3) is 4.39. The summed E-state index contributed by atoms with van der Waals surface area (Å²) in [7, 11) is 0. The summed E-state index contributed by atoms with van der Waals surface area (Å²) < 4.78 is 11.2. The number of aryl methyl sites for hydroxylation is 1. The van der Waals surface area contributed by atoms with Crippen LogP contribution in [0.2, 0.25) is 0 Å². The van der Waals surface area contributed by atoms with Gasteiger partial charge >= 0.3 is 29.6 Å². The van der Waals surface area contributed by atoms with E-state index >= 15 is 0 Å². The number of aliphatic carboxylic acids is 1. The number of rotatable bonds is 6. The molecular weight excluding hydrogens is 321 g/mol. The molecule has 0 unspecified atom stereocenters. The molecule has 0 atom stereocenters. The van der Waals surface area contributed by atoms with E-state index < -0.39 is 11.6 Å². The first-order valence-corrected chi connectivity index (χ1v) is 8.15. The summed E-state index contributed by atoms with van der Waals surface area (Å²) in [6.45, 7) is 6.23. The molecule has 3 rings (SSSR count). The second-order valence-corrected chi connectivity index (χ2v) is 6.14. The average molecular weight is 343 g/mol. The number of nitrogens with zero attached hydrogens (tertiary/aromatic N) is 3. The van der Waals surface area contributed by atoms with Crippen LogP contribution >= 0.6 is 0 Å². The van der Waals surface area contributed by atoms with Crippen LogP contribution in [0, 0.1) is 6.92 Å². The first kappa shape index (κ1) is 19.4. The van der Waals surface area contributed by atoms with Gasteiger partial charge in [-0.05, 0) is 39.5 Å². The van der Waals surface area contributed by atoms with Crippen molar-refractivity contribution in [1.29, 1.82) is 0 Å². The quantitative estimate of drug-likeness (QED) is 0.526. The number of ether oxygens (including phenoxy) is 2. The Labute approximate surface area is 164 Å². The fourth-order valence-corrected chi connectivity index (χ4v) is 2.89. The maximum absolute atomic E-state index is 11.2. The van der Waals surface area contributed by atoms with Crippen molar-refractivity contribution in [1.82, 2.24) is 9.97 Å². The Kier molecular flexibility index (Phi) is 6.47. The van der Waals surface area contributed by atoms with Crippen molar-refractivity contribution in [2.45, 2.75) is 51.2 Å². The molecule has 1 saturated heterocycles. The maximum atomic E-state index is 11.2. The minimum absolute atomic E-state index is 0. The molecule has 1 aromatic heterocycles. The molecule has 7 nitrogen and oxygen atoms in total. The molecule has 1 aliphatic carbocycles. The zero-order valence-corrected chi connectivity index (χ0v) is 16.6. The molecule has 8 heteroatoms. The molecule has 2 fully saturated rings. The number of aromatic nitrogens is 2. The van der Waals surface area contributed by atoms with Gasteiger partial charge in [0.05, 0.1) is 12.1 Å². The molecule has 1 saturated carbocycles. The van der Waals surface area contributed by atoms with E-state index in [2.05, 4.69) is 14.9 Å². The number of carboxylic acid groups (broad SMARTS) is 1. The summed E-state index contributed by atoms with van der Waals surface area (Å²) in [5, 5.41) is 11.2. The fourth-order valence-electron chi connectivity index (χ4n) is 2.89. The average Bonchev–Trinajstić information content (AvgIpc) is 3.29. The standard InChI is InChI=1S/C16H23N3O4.Na/c1-3-22-12-4-8-19(9-5-12)13-10-14(18-11(2)17-13)23-16(6-7-16)15(20)21;/h10,12H,3-9H2,1-2H3,(H,20,21);/q;+1/p-1. The van der Waals surface area contributed by atoms with Crippen LogP contribution < -0.4 is 44.3 Å². The van der Waals surface area contributed by atoms with Crippen molar-refractivity contribution in [2.24, 2.45) is 0 Å². The van der Waals surface area contributed by atoms with Crippen molar-refractivity contribution >= 4 is 11.8 Å². The number of hydrogen-bond donors (Lipinski definition) is 0. The van der Waals surface area contributed by atoms with E-state index in [0.29, 0.717) is 30.7 Å². The molecule has 0 spiro atoms. The molecule has 1 aliphatic heterocycles. The van der Waals surface area contributed by atoms with Crippen molar-refractivity contribution in [3.8, 4) is 5.88 Å². The van der Waals surface area contributed by atoms with Crippen LogP contribution in [0.5, 0.6) is 5.88 Å². The second kappa shape index (κ2) is 7.99. The van der Waals surface area contributed by atoms with Crippen molar-refractivity contribution < 1.29 is 48.9 Å². The molecule has 2 heterocycles. The Morgan fingerprint density at radius 1 is 1.38 bits per heavy atom. The summed E-state index contributed by atoms with van der Waals surface area (Å²) in [4.78, 5) is 22.0. The summed E-state index contributed by atoms with van der Waals surface area (Å²) in [6, 6.07) is 1.72. The van der Waals surface area contributed by atoms with E-state index in [0.717, 1.165) is 38.4 Å². The van der Waals surface area contributed by atoms with Crippen LogP contribution in [-0.2, 0) is 9.53 Å². The van der Waals surface area contributed by atoms with Crippen LogP contribution in [0.3, 0.4) is 0 Å². The SMILES string of the molecule is CCOC1CCN(c2cc(OC3(C(=O)[O-])CC3)nc(C)n2)CC1.[Na+]. The molecule has 0 N–H and O–H groups in total. The molecule has 2 aliphatic rings. The number of carbonyl (C=O) groups is 1. The fraction of sp³-hybridized carbons (Fsp3) is 0.688. The molecule has 126 valence electrons. The minimum atomic E-state index is -1.19. The van der Waals surface area contributed by atoms with Crippen LogP contribution in [0.1, 0.15) is 38.4 Å². The van der Waals surface area contributed by atoms with E-state index in [-0.39, 0.29) is 29.6 Å². The zero-order valence-electron chi connectivity index (χ0n) is 14.6. The number of piperidine rings is 1. The predicted octanol–water partition coefficient (Wildman–Crippen LogP) is -2.54. The third-order valence-electron chi connectivity index (χ3n) is 4.35. The maximum Gasteiger partial charge on any atom is 1.00 e. The number of carboxylic acids is 1. The van der Waals surface area contributed by atoms with E-state index in [9.17, 15) is 9.90 Å². The Morgan fingerprint density at radius 2 is 2.04 bits per heavy atom. The minimum Gasteiger partial charge on any atom is -0.546 e. The van der Waals surface area contributed by atoms with Gasteiger partial charge in [-0.2, -0.15) is 4.98 Å². The van der Waals surface area contributed by atoms with Gasteiger partial charge in [0, 0.05) is 25.8 Å². The van der Waals surface area contributed by atoms with Gasteiger partial charge in [0.25, 0.3) is 0 Å². The molecular formula is C16H22N3NaO4. The van der Waals surface area contributed by atoms with Gasteiger partial charge in [-0.25, -0.2) is 4.98 Å². The second-order valence-electron chi connectivity index (χ2n) is 6.14. The Hall–Kier alpha value is -0.890. The summed E-state index contributed by atoms with van der Waals surface area (Å²) in [5.41, 5.74) is -1.19. The van der Waals surface area contributed by atoms with Gasteiger partial charge in [0.2, 0.25) is 5.88 Å². The molecule has 0 bridgehead atoms. The molecule has 0 amide bonds. The van der Waals surface area contributed by atoms with Crippen LogP contribution in [0.15, 0.2) is 6.07 Å². The third-order valence-corrected chi connectivity index (χ3v) is 4.35. The van der Waals surface area contributed by atoms with Gasteiger partial charge in [-0.1, -0.05) is 0 Å². The van der Waals surface area contributed by atoms with E-state index in [1.54, 1.807) is 13.0 Å². The first-order valence-electron chi connectivity index (χ1n) is 8.15. The van der Waals surface area contributed by atoms with Gasteiger partial charge in [-0.3, -0.25) is 0 Å². The first-order chi connectivity index (χ1) is 11.0. The monoisotopic (exact) mass is 343 g/mol. The van der Waals surface area contributed by atoms with Crippen LogP contribution in [0.25, 0.3) is 0 Å².